The number of phenolic OH excluding ortho intramolecular Hbond substituents is 1. The van der Waals surface area contributed by atoms with Gasteiger partial charge in [-0.1, -0.05) is 15.9 Å². The van der Waals surface area contributed by atoms with Crippen molar-refractivity contribution in [2.75, 3.05) is 39.4 Å². The fourth-order valence-electron chi connectivity index (χ4n) is 1.52. The van der Waals surface area contributed by atoms with Crippen molar-refractivity contribution in [3.63, 3.8) is 0 Å². The van der Waals surface area contributed by atoms with E-state index in [2.05, 4.69) is 20.7 Å². The molecule has 148 valence electrons. The number of alkyl halides is 1. The van der Waals surface area contributed by atoms with Crippen molar-refractivity contribution in [3.8, 4) is 11.5 Å². The highest BCUT2D eigenvalue weighted by molar-refractivity contribution is 9.09. The molecule has 7 heteroatoms. The molecule has 0 aliphatic heterocycles. The van der Waals surface area contributed by atoms with E-state index in [4.69, 9.17) is 14.6 Å². The number of halogens is 1. The summed E-state index contributed by atoms with van der Waals surface area (Å²) in [5, 5.41) is 9.67. The van der Waals surface area contributed by atoms with E-state index in [9.17, 15) is 9.59 Å². The second-order valence-corrected chi connectivity index (χ2v) is 5.71. The molecule has 0 aliphatic carbocycles. The molecule has 0 aromatic heterocycles. The number of phenols is 1. The molecule has 1 N–H and O–H groups in total. The highest BCUT2D eigenvalue weighted by Gasteiger charge is 1.93. The van der Waals surface area contributed by atoms with Gasteiger partial charge in [-0.15, -0.1) is 0 Å². The molecule has 27 heavy (non-hydrogen) atoms. The SMILES string of the molecule is COCCBr.COCCOc1ccc(C=O)cc1.O=Cc1ccc(O)cc1. The molecule has 0 bridgehead atoms. The summed E-state index contributed by atoms with van der Waals surface area (Å²) >= 11 is 3.18. The van der Waals surface area contributed by atoms with E-state index < -0.39 is 0 Å². The van der Waals surface area contributed by atoms with E-state index in [-0.39, 0.29) is 5.75 Å². The minimum Gasteiger partial charge on any atom is -0.508 e. The van der Waals surface area contributed by atoms with Crippen molar-refractivity contribution in [2.24, 2.45) is 0 Å². The first-order valence-corrected chi connectivity index (χ1v) is 9.19. The monoisotopic (exact) mass is 440 g/mol. The molecule has 2 rings (SSSR count). The van der Waals surface area contributed by atoms with Crippen LogP contribution >= 0.6 is 15.9 Å². The summed E-state index contributed by atoms with van der Waals surface area (Å²) < 4.78 is 14.8. The molecule has 2 aromatic rings. The maximum absolute atomic E-state index is 10.3. The molecular weight excluding hydrogens is 416 g/mol. The van der Waals surface area contributed by atoms with Gasteiger partial charge in [0, 0.05) is 30.7 Å². The second kappa shape index (κ2) is 17.2. The Bertz CT molecular complexity index is 611. The highest BCUT2D eigenvalue weighted by Crippen LogP contribution is 2.10. The molecule has 0 atom stereocenters. The molecule has 0 heterocycles. The predicted molar refractivity (Wildman–Crippen MR) is 108 cm³/mol. The van der Waals surface area contributed by atoms with Crippen LogP contribution in [0, 0.1) is 0 Å². The Kier molecular flexibility index (Phi) is 15.8. The van der Waals surface area contributed by atoms with E-state index >= 15 is 0 Å². The summed E-state index contributed by atoms with van der Waals surface area (Å²) in [6.07, 6.45) is 1.54. The molecule has 0 unspecified atom stereocenters. The number of hydrogen-bond acceptors (Lipinski definition) is 6. The highest BCUT2D eigenvalue weighted by atomic mass is 79.9. The van der Waals surface area contributed by atoms with Crippen LogP contribution in [0.3, 0.4) is 0 Å². The van der Waals surface area contributed by atoms with Crippen molar-refractivity contribution in [2.45, 2.75) is 0 Å². The molecular formula is C20H25BrO6. The number of carbonyl (C=O) groups is 2. The van der Waals surface area contributed by atoms with Crippen LogP contribution in [-0.2, 0) is 9.47 Å². The standard InChI is InChI=1S/C10H12O3.C7H6O2.C3H7BrO/c1-12-6-7-13-10-4-2-9(8-11)3-5-10;8-5-6-1-3-7(9)4-2-6;1-5-3-2-4/h2-5,8H,6-7H2,1H3;1-5,9H;2-3H2,1H3. The number of benzene rings is 2. The van der Waals surface area contributed by atoms with Gasteiger partial charge in [-0.05, 0) is 48.5 Å². The van der Waals surface area contributed by atoms with Crippen molar-refractivity contribution in [3.05, 3.63) is 59.7 Å². The summed E-state index contributed by atoms with van der Waals surface area (Å²) in [6.45, 7) is 1.90. The lowest BCUT2D eigenvalue weighted by Gasteiger charge is -2.04. The molecule has 0 spiro atoms. The average molecular weight is 441 g/mol. The largest absolute Gasteiger partial charge is 0.508 e. The number of aldehydes is 2. The van der Waals surface area contributed by atoms with Gasteiger partial charge in [-0.25, -0.2) is 0 Å². The first kappa shape index (κ1) is 24.8. The van der Waals surface area contributed by atoms with E-state index in [1.165, 1.54) is 12.1 Å². The first-order chi connectivity index (χ1) is 13.1. The van der Waals surface area contributed by atoms with E-state index in [1.54, 1.807) is 50.6 Å². The smallest absolute Gasteiger partial charge is 0.150 e. The Balaban J connectivity index is 0.000000419. The van der Waals surface area contributed by atoms with Gasteiger partial charge < -0.3 is 19.3 Å². The fourth-order valence-corrected chi connectivity index (χ4v) is 1.84. The number of carbonyl (C=O) groups excluding carboxylic acids is 2. The number of aromatic hydroxyl groups is 1. The minimum atomic E-state index is 0.181. The van der Waals surface area contributed by atoms with Crippen LogP contribution in [0.25, 0.3) is 0 Å². The Morgan fingerprint density at radius 1 is 0.815 bits per heavy atom. The van der Waals surface area contributed by atoms with Crippen LogP contribution in [0.5, 0.6) is 11.5 Å². The van der Waals surface area contributed by atoms with Gasteiger partial charge in [0.2, 0.25) is 0 Å². The van der Waals surface area contributed by atoms with Crippen LogP contribution in [-0.4, -0.2) is 57.0 Å². The molecule has 6 nitrogen and oxygen atoms in total. The molecule has 0 aliphatic rings. The Morgan fingerprint density at radius 2 is 1.30 bits per heavy atom. The van der Waals surface area contributed by atoms with E-state index in [0.717, 1.165) is 30.3 Å². The van der Waals surface area contributed by atoms with Crippen molar-refractivity contribution in [1.29, 1.82) is 0 Å². The molecule has 0 amide bonds. The van der Waals surface area contributed by atoms with Crippen LogP contribution in [0.1, 0.15) is 20.7 Å². The number of methoxy groups -OCH3 is 2. The van der Waals surface area contributed by atoms with Crippen LogP contribution in [0.15, 0.2) is 48.5 Å². The summed E-state index contributed by atoms with van der Waals surface area (Å²) in [4.78, 5) is 20.4. The van der Waals surface area contributed by atoms with Gasteiger partial charge in [0.05, 0.1) is 13.2 Å². The molecule has 2 aromatic carbocycles. The fraction of sp³-hybridized carbons (Fsp3) is 0.300. The van der Waals surface area contributed by atoms with Crippen molar-refractivity contribution >= 4 is 28.5 Å². The predicted octanol–water partition coefficient (Wildman–Crippen LogP) is 3.76. The third-order valence-electron chi connectivity index (χ3n) is 2.88. The summed E-state index contributed by atoms with van der Waals surface area (Å²) in [6, 6.07) is 13.0. The number of hydrogen-bond donors (Lipinski definition) is 1. The van der Waals surface area contributed by atoms with Crippen LogP contribution in [0.2, 0.25) is 0 Å². The Hall–Kier alpha value is -2.22. The number of ether oxygens (including phenoxy) is 3. The van der Waals surface area contributed by atoms with Crippen molar-refractivity contribution < 1.29 is 28.9 Å². The zero-order valence-corrected chi connectivity index (χ0v) is 17.1. The molecule has 0 radical (unpaired) electrons. The molecule has 0 saturated heterocycles. The summed E-state index contributed by atoms with van der Waals surface area (Å²) in [5.74, 6) is 0.934. The first-order valence-electron chi connectivity index (χ1n) is 8.07. The topological polar surface area (TPSA) is 82.1 Å². The second-order valence-electron chi connectivity index (χ2n) is 4.92. The van der Waals surface area contributed by atoms with Gasteiger partial charge in [0.25, 0.3) is 0 Å². The Morgan fingerprint density at radius 3 is 1.67 bits per heavy atom. The third-order valence-corrected chi connectivity index (χ3v) is 3.21. The van der Waals surface area contributed by atoms with Gasteiger partial charge in [-0.2, -0.15) is 0 Å². The maximum Gasteiger partial charge on any atom is 0.150 e. The van der Waals surface area contributed by atoms with Gasteiger partial charge in [0.15, 0.2) is 0 Å². The summed E-state index contributed by atoms with van der Waals surface area (Å²) in [7, 11) is 3.31. The van der Waals surface area contributed by atoms with Gasteiger partial charge in [0.1, 0.15) is 30.7 Å². The van der Waals surface area contributed by atoms with Crippen molar-refractivity contribution in [1.82, 2.24) is 0 Å². The van der Waals surface area contributed by atoms with Gasteiger partial charge >= 0.3 is 0 Å². The van der Waals surface area contributed by atoms with Gasteiger partial charge in [-0.3, -0.25) is 9.59 Å². The molecule has 0 fully saturated rings. The summed E-state index contributed by atoms with van der Waals surface area (Å²) in [5.41, 5.74) is 1.23. The van der Waals surface area contributed by atoms with E-state index in [0.29, 0.717) is 24.3 Å². The zero-order chi connectivity index (χ0) is 20.3. The van der Waals surface area contributed by atoms with Crippen LogP contribution < -0.4 is 4.74 Å². The lowest BCUT2D eigenvalue weighted by molar-refractivity contribution is 0.111. The zero-order valence-electron chi connectivity index (χ0n) is 15.5. The lowest BCUT2D eigenvalue weighted by atomic mass is 10.2. The lowest BCUT2D eigenvalue weighted by Crippen LogP contribution is -2.03. The van der Waals surface area contributed by atoms with E-state index in [1.807, 2.05) is 0 Å². The Labute approximate surface area is 168 Å². The third kappa shape index (κ3) is 13.6. The average Bonchev–Trinajstić information content (AvgIpc) is 2.71. The minimum absolute atomic E-state index is 0.181. The van der Waals surface area contributed by atoms with Crippen LogP contribution in [0.4, 0.5) is 0 Å². The normalized spacial score (nSPS) is 9.15. The number of rotatable bonds is 8. The maximum atomic E-state index is 10.3. The molecule has 0 saturated carbocycles. The quantitative estimate of drug-likeness (QED) is 0.382.